The van der Waals surface area contributed by atoms with Gasteiger partial charge in [0.15, 0.2) is 6.23 Å². The summed E-state index contributed by atoms with van der Waals surface area (Å²) in [5.74, 6) is 0.259. The van der Waals surface area contributed by atoms with Crippen molar-refractivity contribution in [3.63, 3.8) is 0 Å². The third kappa shape index (κ3) is 8.60. The Hall–Kier alpha value is -4.32. The number of aliphatic hydroxyl groups is 2. The Bertz CT molecular complexity index is 1190. The second-order valence-corrected chi connectivity index (χ2v) is 9.00. The smallest absolute Gasteiger partial charge is 0.411 e. The first kappa shape index (κ1) is 30.2. The fourth-order valence-electron chi connectivity index (χ4n) is 4.05. The van der Waals surface area contributed by atoms with E-state index in [-0.39, 0.29) is 18.3 Å². The number of carbonyl (C=O) groups excluding carboxylic acids is 2. The largest absolute Gasteiger partial charge is 0.508 e. The molecule has 6 N–H and O–H groups in total. The molecule has 0 saturated heterocycles. The Labute approximate surface area is 232 Å². The molecule has 0 fully saturated rings. The van der Waals surface area contributed by atoms with Gasteiger partial charge in [-0.3, -0.25) is 16.0 Å². The lowest BCUT2D eigenvalue weighted by molar-refractivity contribution is 0.0267. The quantitative estimate of drug-likeness (QED) is 0.181. The number of carbonyl (C=O) groups is 2. The first-order valence-electron chi connectivity index (χ1n) is 12.6. The number of benzene rings is 3. The van der Waals surface area contributed by atoms with Gasteiger partial charge in [0.1, 0.15) is 17.6 Å². The van der Waals surface area contributed by atoms with Crippen molar-refractivity contribution in [2.75, 3.05) is 31.4 Å². The predicted molar refractivity (Wildman–Crippen MR) is 150 cm³/mol. The van der Waals surface area contributed by atoms with Gasteiger partial charge in [-0.2, -0.15) is 0 Å². The average molecular weight is 554 g/mol. The molecule has 0 saturated carbocycles. The van der Waals surface area contributed by atoms with Gasteiger partial charge in [-0.1, -0.05) is 24.3 Å². The summed E-state index contributed by atoms with van der Waals surface area (Å²) in [5, 5.41) is 38.0. The van der Waals surface area contributed by atoms with Crippen molar-refractivity contribution in [1.29, 1.82) is 0 Å². The molecule has 3 aromatic rings. The zero-order chi connectivity index (χ0) is 29.1. The van der Waals surface area contributed by atoms with Crippen molar-refractivity contribution in [3.8, 4) is 11.5 Å². The number of rotatable bonds is 12. The van der Waals surface area contributed by atoms with Crippen LogP contribution in [0.3, 0.4) is 0 Å². The predicted octanol–water partition coefficient (Wildman–Crippen LogP) is 4.14. The van der Waals surface area contributed by atoms with Gasteiger partial charge in [0, 0.05) is 22.9 Å². The van der Waals surface area contributed by atoms with E-state index in [1.807, 2.05) is 24.3 Å². The maximum absolute atomic E-state index is 11.6. The average Bonchev–Trinajstić information content (AvgIpc) is 2.96. The first-order valence-corrected chi connectivity index (χ1v) is 12.6. The molecule has 11 heteroatoms. The van der Waals surface area contributed by atoms with E-state index in [1.165, 1.54) is 26.4 Å². The van der Waals surface area contributed by atoms with Crippen LogP contribution in [0.25, 0.3) is 0 Å². The van der Waals surface area contributed by atoms with E-state index in [1.54, 1.807) is 37.3 Å². The molecule has 0 radical (unpaired) electrons. The number of methoxy groups -OCH3 is 2. The molecule has 0 spiro atoms. The van der Waals surface area contributed by atoms with Gasteiger partial charge in [-0.25, -0.2) is 9.59 Å². The van der Waals surface area contributed by atoms with Crippen LogP contribution >= 0.6 is 0 Å². The number of anilines is 2. The van der Waals surface area contributed by atoms with E-state index in [9.17, 15) is 24.9 Å². The fraction of sp³-hybridized carbons (Fsp3) is 0.310. The Balaban J connectivity index is 1.77. The number of nitrogens with one attached hydrogen (secondary N) is 3. The van der Waals surface area contributed by atoms with E-state index in [0.29, 0.717) is 35.7 Å². The number of aliphatic hydroxyl groups excluding tert-OH is 2. The zero-order valence-corrected chi connectivity index (χ0v) is 22.6. The van der Waals surface area contributed by atoms with E-state index < -0.39 is 24.5 Å². The lowest BCUT2D eigenvalue weighted by Gasteiger charge is -2.25. The third-order valence-electron chi connectivity index (χ3n) is 6.19. The van der Waals surface area contributed by atoms with E-state index in [4.69, 9.17) is 4.74 Å². The molecule has 0 aliphatic rings. The van der Waals surface area contributed by atoms with Gasteiger partial charge >= 0.3 is 12.2 Å². The molecular formula is C29H35N3O8. The Morgan fingerprint density at radius 3 is 1.82 bits per heavy atom. The van der Waals surface area contributed by atoms with Crippen molar-refractivity contribution in [3.05, 3.63) is 83.4 Å². The third-order valence-corrected chi connectivity index (χ3v) is 6.19. The Morgan fingerprint density at radius 1 is 0.850 bits per heavy atom. The van der Waals surface area contributed by atoms with Crippen LogP contribution in [0.15, 0.2) is 66.7 Å². The molecule has 11 nitrogen and oxygen atoms in total. The van der Waals surface area contributed by atoms with Gasteiger partial charge in [0.05, 0.1) is 20.8 Å². The summed E-state index contributed by atoms with van der Waals surface area (Å²) in [5.41, 5.74) is 3.45. The van der Waals surface area contributed by atoms with Crippen LogP contribution in [0.1, 0.15) is 36.0 Å². The number of hydrogen-bond donors (Lipinski definition) is 6. The Kier molecular flexibility index (Phi) is 11.1. The molecule has 2 amide bonds. The van der Waals surface area contributed by atoms with Gasteiger partial charge in [0.2, 0.25) is 0 Å². The highest BCUT2D eigenvalue weighted by atomic mass is 16.5. The van der Waals surface area contributed by atoms with Crippen LogP contribution in [0.5, 0.6) is 11.5 Å². The molecule has 3 aromatic carbocycles. The molecule has 40 heavy (non-hydrogen) atoms. The highest BCUT2D eigenvalue weighted by Gasteiger charge is 2.20. The molecule has 214 valence electrons. The normalized spacial score (nSPS) is 12.3. The van der Waals surface area contributed by atoms with E-state index in [2.05, 4.69) is 25.4 Å². The maximum Gasteiger partial charge on any atom is 0.411 e. The van der Waals surface area contributed by atoms with E-state index in [0.717, 1.165) is 11.1 Å². The maximum atomic E-state index is 11.6. The van der Waals surface area contributed by atoms with Gasteiger partial charge in [0.25, 0.3) is 0 Å². The van der Waals surface area contributed by atoms with Crippen molar-refractivity contribution >= 4 is 23.6 Å². The van der Waals surface area contributed by atoms with Crippen LogP contribution in [0, 0.1) is 0 Å². The van der Waals surface area contributed by atoms with Crippen LogP contribution in [-0.2, 0) is 16.1 Å². The first-order chi connectivity index (χ1) is 19.2. The van der Waals surface area contributed by atoms with Crippen LogP contribution in [0.4, 0.5) is 21.0 Å². The number of hydrogen-bond acceptors (Lipinski definition) is 9. The summed E-state index contributed by atoms with van der Waals surface area (Å²) >= 11 is 0. The summed E-state index contributed by atoms with van der Waals surface area (Å²) in [6, 6.07) is 19.3. The second-order valence-electron chi connectivity index (χ2n) is 9.00. The van der Waals surface area contributed by atoms with Gasteiger partial charge in [-0.05, 0) is 73.5 Å². The van der Waals surface area contributed by atoms with Gasteiger partial charge < -0.3 is 29.5 Å². The van der Waals surface area contributed by atoms with Crippen LogP contribution in [0.2, 0.25) is 0 Å². The minimum atomic E-state index is -0.864. The number of amides is 2. The van der Waals surface area contributed by atoms with Crippen LogP contribution in [-0.4, -0.2) is 60.6 Å². The molecule has 3 rings (SSSR count). The fourth-order valence-corrected chi connectivity index (χ4v) is 4.05. The Morgan fingerprint density at radius 2 is 1.38 bits per heavy atom. The second kappa shape index (κ2) is 14.7. The van der Waals surface area contributed by atoms with Crippen LogP contribution < -0.4 is 20.7 Å². The number of phenols is 1. The molecule has 0 bridgehead atoms. The lowest BCUT2D eigenvalue weighted by Crippen LogP contribution is -2.43. The molecule has 0 aliphatic carbocycles. The summed E-state index contributed by atoms with van der Waals surface area (Å²) < 4.78 is 15.2. The minimum Gasteiger partial charge on any atom is -0.508 e. The zero-order valence-electron chi connectivity index (χ0n) is 22.6. The summed E-state index contributed by atoms with van der Waals surface area (Å²) in [7, 11) is 2.59. The molecule has 0 aromatic heterocycles. The molecular weight excluding hydrogens is 518 g/mol. The SMILES string of the molecule is COC(=O)Nc1ccc(C(CCNC(Oc2ccc(O)c(CO)c2)C(C)O)c2ccc(NC(=O)OC)cc2)cc1. The summed E-state index contributed by atoms with van der Waals surface area (Å²) in [4.78, 5) is 23.1. The molecule has 0 heterocycles. The number of aromatic hydroxyl groups is 1. The van der Waals surface area contributed by atoms with E-state index >= 15 is 0 Å². The lowest BCUT2D eigenvalue weighted by atomic mass is 9.88. The standard InChI is InChI=1S/C29H35N3O8/c1-18(34)27(40-24-12-13-26(35)21(16-24)17-33)30-15-14-25(19-4-8-22(9-5-19)31-28(36)38-2)20-6-10-23(11-7-20)32-29(37)39-3/h4-13,16,18,25,27,30,33-35H,14-15,17H2,1-3H3,(H,31,36)(H,32,37). The van der Waals surface area contributed by atoms with Crippen molar-refractivity contribution < 1.29 is 39.1 Å². The molecule has 2 unspecified atom stereocenters. The highest BCUT2D eigenvalue weighted by molar-refractivity contribution is 5.85. The topological polar surface area (TPSA) is 159 Å². The number of ether oxygens (including phenoxy) is 3. The van der Waals surface area contributed by atoms with Crippen molar-refractivity contribution in [2.45, 2.75) is 38.2 Å². The highest BCUT2D eigenvalue weighted by Crippen LogP contribution is 2.30. The van der Waals surface area contributed by atoms with Crippen molar-refractivity contribution in [2.24, 2.45) is 0 Å². The van der Waals surface area contributed by atoms with Crippen molar-refractivity contribution in [1.82, 2.24) is 5.32 Å². The van der Waals surface area contributed by atoms with Gasteiger partial charge in [-0.15, -0.1) is 0 Å². The molecule has 0 aliphatic heterocycles. The summed E-state index contributed by atoms with van der Waals surface area (Å²) in [6.45, 7) is 1.71. The minimum absolute atomic E-state index is 0.0418. The molecule has 2 atom stereocenters. The summed E-state index contributed by atoms with van der Waals surface area (Å²) in [6.07, 6.45) is -2.14. The monoisotopic (exact) mass is 553 g/mol.